The molecular weight excluding hydrogens is 221 g/mol. The Bertz CT molecular complexity index is 562. The normalized spacial score (nSPS) is 10.7. The van der Waals surface area contributed by atoms with E-state index in [4.69, 9.17) is 5.84 Å². The first-order valence-electron chi connectivity index (χ1n) is 5.37. The lowest BCUT2D eigenvalue weighted by Crippen LogP contribution is -2.22. The van der Waals surface area contributed by atoms with Crippen LogP contribution in [0.2, 0.25) is 0 Å². The molecule has 0 fully saturated rings. The van der Waals surface area contributed by atoms with Gasteiger partial charge in [0.05, 0.1) is 5.52 Å². The van der Waals surface area contributed by atoms with Crippen molar-refractivity contribution in [2.24, 2.45) is 0 Å². The lowest BCUT2D eigenvalue weighted by Gasteiger charge is -2.00. The third kappa shape index (κ3) is 2.38. The third-order valence-electron chi connectivity index (χ3n) is 2.65. The zero-order chi connectivity index (χ0) is 12.4. The maximum Gasteiger partial charge on any atom is 0.216 e. The molecule has 17 heavy (non-hydrogen) atoms. The topological polar surface area (TPSA) is 60.0 Å². The molecule has 1 aromatic carbocycles. The molecule has 2 rings (SSSR count). The van der Waals surface area contributed by atoms with Crippen molar-refractivity contribution in [1.29, 1.82) is 0 Å². The minimum atomic E-state index is -0.310. The first kappa shape index (κ1) is 11.4. The van der Waals surface area contributed by atoms with Crippen LogP contribution in [0.1, 0.15) is 12.5 Å². The largest absolute Gasteiger partial charge is 0.356 e. The monoisotopic (exact) mass is 235 g/mol. The van der Waals surface area contributed by atoms with Crippen LogP contribution in [0.3, 0.4) is 0 Å². The van der Waals surface area contributed by atoms with Crippen LogP contribution in [-0.4, -0.2) is 17.1 Å². The summed E-state index contributed by atoms with van der Waals surface area (Å²) in [6.07, 6.45) is 2.43. The van der Waals surface area contributed by atoms with Crippen molar-refractivity contribution in [2.75, 3.05) is 12.4 Å². The lowest BCUT2D eigenvalue weighted by atomic mass is 10.1. The minimum Gasteiger partial charge on any atom is -0.356 e. The van der Waals surface area contributed by atoms with Gasteiger partial charge in [0.25, 0.3) is 0 Å². The molecule has 0 bridgehead atoms. The van der Waals surface area contributed by atoms with Gasteiger partial charge < -0.3 is 11.2 Å². The van der Waals surface area contributed by atoms with E-state index in [9.17, 15) is 9.18 Å². The van der Waals surface area contributed by atoms with Gasteiger partial charge in [-0.05, 0) is 24.1 Å². The zero-order valence-corrected chi connectivity index (χ0v) is 9.53. The molecule has 0 aliphatic carbocycles. The summed E-state index contributed by atoms with van der Waals surface area (Å²) in [6.45, 7) is 2.02. The first-order valence-corrected chi connectivity index (χ1v) is 5.37. The van der Waals surface area contributed by atoms with Crippen LogP contribution in [0, 0.1) is 5.82 Å². The summed E-state index contributed by atoms with van der Waals surface area (Å²) in [4.78, 5) is 10.8. The Morgan fingerprint density at radius 1 is 1.53 bits per heavy atom. The highest BCUT2D eigenvalue weighted by atomic mass is 19.1. The number of aromatic nitrogens is 1. The number of carbonyl (C=O) groups is 1. The Kier molecular flexibility index (Phi) is 2.99. The summed E-state index contributed by atoms with van der Waals surface area (Å²) in [6, 6.07) is 4.51. The van der Waals surface area contributed by atoms with E-state index < -0.39 is 0 Å². The standard InChI is InChI=1S/C12H14FN3O/c1-8(17)15-5-4-9-7-16(14)12-6-10(13)2-3-11(9)12/h2-3,6-7H,4-5,14H2,1H3,(H,15,17). The van der Waals surface area contributed by atoms with Crippen LogP contribution in [0.4, 0.5) is 4.39 Å². The number of benzene rings is 1. The van der Waals surface area contributed by atoms with Gasteiger partial charge in [-0.2, -0.15) is 0 Å². The van der Waals surface area contributed by atoms with E-state index >= 15 is 0 Å². The molecular formula is C12H14FN3O. The van der Waals surface area contributed by atoms with E-state index in [1.165, 1.54) is 23.7 Å². The number of hydrogen-bond acceptors (Lipinski definition) is 2. The van der Waals surface area contributed by atoms with Crippen molar-refractivity contribution in [3.05, 3.63) is 35.8 Å². The highest BCUT2D eigenvalue weighted by Gasteiger charge is 2.07. The molecule has 1 heterocycles. The molecule has 1 aromatic heterocycles. The van der Waals surface area contributed by atoms with Gasteiger partial charge in [0.1, 0.15) is 5.82 Å². The van der Waals surface area contributed by atoms with Crippen LogP contribution in [0.25, 0.3) is 10.9 Å². The fourth-order valence-electron chi connectivity index (χ4n) is 1.87. The number of nitrogens with one attached hydrogen (secondary N) is 1. The summed E-state index contributed by atoms with van der Waals surface area (Å²) < 4.78 is 14.5. The predicted octanol–water partition coefficient (Wildman–Crippen LogP) is 1.17. The third-order valence-corrected chi connectivity index (χ3v) is 2.65. The van der Waals surface area contributed by atoms with Gasteiger partial charge in [-0.25, -0.2) is 4.39 Å². The summed E-state index contributed by atoms with van der Waals surface area (Å²) in [5.74, 6) is 5.37. The van der Waals surface area contributed by atoms with E-state index in [0.29, 0.717) is 18.5 Å². The molecule has 5 heteroatoms. The minimum absolute atomic E-state index is 0.0625. The molecule has 90 valence electrons. The van der Waals surface area contributed by atoms with E-state index in [1.807, 2.05) is 0 Å². The number of fused-ring (bicyclic) bond motifs is 1. The van der Waals surface area contributed by atoms with Gasteiger partial charge in [-0.15, -0.1) is 0 Å². The number of carbonyl (C=O) groups excluding carboxylic acids is 1. The van der Waals surface area contributed by atoms with Gasteiger partial charge >= 0.3 is 0 Å². The van der Waals surface area contributed by atoms with Crippen molar-refractivity contribution < 1.29 is 9.18 Å². The zero-order valence-electron chi connectivity index (χ0n) is 9.53. The fourth-order valence-corrected chi connectivity index (χ4v) is 1.87. The van der Waals surface area contributed by atoms with Crippen LogP contribution in [0.5, 0.6) is 0 Å². The molecule has 0 atom stereocenters. The molecule has 0 aliphatic heterocycles. The molecule has 0 unspecified atom stereocenters. The highest BCUT2D eigenvalue weighted by molar-refractivity contribution is 5.84. The highest BCUT2D eigenvalue weighted by Crippen LogP contribution is 2.20. The van der Waals surface area contributed by atoms with Gasteiger partial charge in [0.15, 0.2) is 0 Å². The van der Waals surface area contributed by atoms with E-state index in [2.05, 4.69) is 5.32 Å². The SMILES string of the molecule is CC(=O)NCCc1cn(N)c2cc(F)ccc12. The Balaban J connectivity index is 2.26. The summed E-state index contributed by atoms with van der Waals surface area (Å²) in [7, 11) is 0. The quantitative estimate of drug-likeness (QED) is 0.785. The predicted molar refractivity (Wildman–Crippen MR) is 64.4 cm³/mol. The van der Waals surface area contributed by atoms with E-state index in [-0.39, 0.29) is 11.7 Å². The number of rotatable bonds is 3. The molecule has 0 aliphatic rings. The molecule has 4 nitrogen and oxygen atoms in total. The van der Waals surface area contributed by atoms with E-state index in [0.717, 1.165) is 10.9 Å². The number of nitrogens with zero attached hydrogens (tertiary/aromatic N) is 1. The average Bonchev–Trinajstić information content (AvgIpc) is 2.55. The van der Waals surface area contributed by atoms with Gasteiger partial charge in [-0.3, -0.25) is 9.47 Å². The number of amides is 1. The fraction of sp³-hybridized carbons (Fsp3) is 0.250. The smallest absolute Gasteiger partial charge is 0.216 e. The summed E-state index contributed by atoms with van der Waals surface area (Å²) >= 11 is 0. The van der Waals surface area contributed by atoms with Crippen molar-refractivity contribution >= 4 is 16.8 Å². The molecule has 3 N–H and O–H groups in total. The number of halogens is 1. The maximum atomic E-state index is 13.1. The van der Waals surface area contributed by atoms with Crippen molar-refractivity contribution in [3.8, 4) is 0 Å². The Labute approximate surface area is 98.2 Å². The van der Waals surface area contributed by atoms with Crippen LogP contribution in [-0.2, 0) is 11.2 Å². The summed E-state index contributed by atoms with van der Waals surface area (Å²) in [5, 5.41) is 3.63. The molecule has 0 saturated heterocycles. The van der Waals surface area contributed by atoms with Crippen LogP contribution >= 0.6 is 0 Å². The molecule has 0 spiro atoms. The van der Waals surface area contributed by atoms with Crippen molar-refractivity contribution in [3.63, 3.8) is 0 Å². The molecule has 0 radical (unpaired) electrons. The number of nitrogens with two attached hydrogens (primary N) is 1. The van der Waals surface area contributed by atoms with Crippen LogP contribution in [0.15, 0.2) is 24.4 Å². The average molecular weight is 235 g/mol. The number of nitrogen functional groups attached to an aromatic ring is 1. The van der Waals surface area contributed by atoms with Gasteiger partial charge in [0.2, 0.25) is 5.91 Å². The van der Waals surface area contributed by atoms with Crippen molar-refractivity contribution in [2.45, 2.75) is 13.3 Å². The molecule has 0 saturated carbocycles. The Morgan fingerprint density at radius 2 is 2.29 bits per heavy atom. The van der Waals surface area contributed by atoms with Gasteiger partial charge in [0, 0.05) is 31.1 Å². The lowest BCUT2D eigenvalue weighted by molar-refractivity contribution is -0.118. The van der Waals surface area contributed by atoms with Crippen LogP contribution < -0.4 is 11.2 Å². The second-order valence-corrected chi connectivity index (χ2v) is 3.96. The first-order chi connectivity index (χ1) is 8.08. The maximum absolute atomic E-state index is 13.1. The Morgan fingerprint density at radius 3 is 3.00 bits per heavy atom. The van der Waals surface area contributed by atoms with Gasteiger partial charge in [-0.1, -0.05) is 0 Å². The van der Waals surface area contributed by atoms with Crippen molar-refractivity contribution in [1.82, 2.24) is 9.99 Å². The second-order valence-electron chi connectivity index (χ2n) is 3.96. The van der Waals surface area contributed by atoms with E-state index in [1.54, 1.807) is 12.3 Å². The Hall–Kier alpha value is -2.04. The molecule has 2 aromatic rings. The summed E-state index contributed by atoms with van der Waals surface area (Å²) in [5.41, 5.74) is 1.65. The molecule has 1 amide bonds. The second kappa shape index (κ2) is 4.45. The number of hydrogen-bond donors (Lipinski definition) is 2.